The topological polar surface area (TPSA) is 75.2 Å². The highest BCUT2D eigenvalue weighted by atomic mass is 35.5. The Morgan fingerprint density at radius 3 is 2.50 bits per heavy atom. The average Bonchev–Trinajstić information content (AvgIpc) is 2.76. The van der Waals surface area contributed by atoms with Crippen LogP contribution in [-0.2, 0) is 11.3 Å². The zero-order valence-corrected chi connectivity index (χ0v) is 17.6. The maximum Gasteiger partial charge on any atom is 0.256 e. The second-order valence-corrected chi connectivity index (χ2v) is 7.22. The van der Waals surface area contributed by atoms with Gasteiger partial charge in [0.05, 0.1) is 34.7 Å². The third-order valence-electron chi connectivity index (χ3n) is 4.48. The van der Waals surface area contributed by atoms with Crippen LogP contribution in [0.15, 0.2) is 55.0 Å². The van der Waals surface area contributed by atoms with E-state index in [1.807, 2.05) is 0 Å². The number of alkyl halides is 2. The Bertz CT molecular complexity index is 1130. The number of nitrogens with zero attached hydrogens (tertiary/aromatic N) is 3. The molecule has 2 amide bonds. The molecular weight excluding hydrogens is 445 g/mol. The molecule has 0 unspecified atom stereocenters. The molecule has 0 atom stereocenters. The lowest BCUT2D eigenvalue weighted by molar-refractivity contribution is -0.117. The zero-order valence-electron chi connectivity index (χ0n) is 16.9. The molecule has 32 heavy (non-hydrogen) atoms. The first-order valence-corrected chi connectivity index (χ1v) is 9.82. The molecule has 1 N–H and O–H groups in total. The highest BCUT2D eigenvalue weighted by molar-refractivity contribution is 6.34. The highest BCUT2D eigenvalue weighted by Crippen LogP contribution is 2.31. The van der Waals surface area contributed by atoms with Gasteiger partial charge in [0.15, 0.2) is 0 Å². The van der Waals surface area contributed by atoms with Gasteiger partial charge in [0.1, 0.15) is 5.82 Å². The lowest BCUT2D eigenvalue weighted by atomic mass is 10.1. The number of nitrogens with one attached hydrogen (secondary N) is 1. The standard InChI is InChI=1S/C22H18ClF3N4O2/c1-13(31)30(12-21(25)26)20-5-3-15(7-18(20)23)19-4-2-16(10-28-19)22(32)29-9-14-6-17(24)11-27-8-14/h2-8,10-11,21H,9,12H2,1H3,(H,29,32). The van der Waals surface area contributed by atoms with Gasteiger partial charge in [-0.2, -0.15) is 0 Å². The van der Waals surface area contributed by atoms with Crippen molar-refractivity contribution in [2.24, 2.45) is 0 Å². The minimum atomic E-state index is -2.70. The number of carbonyl (C=O) groups is 2. The number of amides is 2. The van der Waals surface area contributed by atoms with E-state index in [9.17, 15) is 22.8 Å². The molecule has 0 spiro atoms. The average molecular weight is 463 g/mol. The van der Waals surface area contributed by atoms with Gasteiger partial charge in [-0.25, -0.2) is 13.2 Å². The SMILES string of the molecule is CC(=O)N(CC(F)F)c1ccc(-c2ccc(C(=O)NCc3cncc(F)c3)cn2)cc1Cl. The van der Waals surface area contributed by atoms with Crippen molar-refractivity contribution in [3.63, 3.8) is 0 Å². The van der Waals surface area contributed by atoms with Crippen molar-refractivity contribution < 1.29 is 22.8 Å². The predicted molar refractivity (Wildman–Crippen MR) is 114 cm³/mol. The Labute approximate surface area is 187 Å². The Balaban J connectivity index is 1.72. The van der Waals surface area contributed by atoms with E-state index in [2.05, 4.69) is 15.3 Å². The van der Waals surface area contributed by atoms with E-state index < -0.39 is 30.6 Å². The first kappa shape index (κ1) is 23.2. The minimum absolute atomic E-state index is 0.105. The summed E-state index contributed by atoms with van der Waals surface area (Å²) in [6.07, 6.45) is 1.19. The fraction of sp³-hybridized carbons (Fsp3) is 0.182. The molecule has 0 bridgehead atoms. The Hall–Kier alpha value is -3.46. The van der Waals surface area contributed by atoms with Crippen LogP contribution in [0.25, 0.3) is 11.3 Å². The van der Waals surface area contributed by atoms with Gasteiger partial charge in [0.2, 0.25) is 5.91 Å². The number of hydrogen-bond donors (Lipinski definition) is 1. The summed E-state index contributed by atoms with van der Waals surface area (Å²) >= 11 is 6.23. The van der Waals surface area contributed by atoms with Gasteiger partial charge in [0.25, 0.3) is 12.3 Å². The third kappa shape index (κ3) is 5.82. The molecule has 2 aromatic heterocycles. The van der Waals surface area contributed by atoms with Gasteiger partial charge in [-0.15, -0.1) is 0 Å². The van der Waals surface area contributed by atoms with Crippen LogP contribution in [-0.4, -0.2) is 34.8 Å². The Kier molecular flexibility index (Phi) is 7.42. The van der Waals surface area contributed by atoms with Gasteiger partial charge in [-0.3, -0.25) is 19.6 Å². The summed E-state index contributed by atoms with van der Waals surface area (Å²) in [4.78, 5) is 32.9. The van der Waals surface area contributed by atoms with Crippen LogP contribution >= 0.6 is 11.6 Å². The molecule has 6 nitrogen and oxygen atoms in total. The zero-order chi connectivity index (χ0) is 23.3. The summed E-state index contributed by atoms with van der Waals surface area (Å²) in [7, 11) is 0. The van der Waals surface area contributed by atoms with E-state index in [1.54, 1.807) is 18.2 Å². The summed E-state index contributed by atoms with van der Waals surface area (Å²) in [6.45, 7) is 0.526. The van der Waals surface area contributed by atoms with Crippen LogP contribution < -0.4 is 10.2 Å². The van der Waals surface area contributed by atoms with Crippen LogP contribution in [0.1, 0.15) is 22.8 Å². The number of aromatic nitrogens is 2. The van der Waals surface area contributed by atoms with Gasteiger partial charge >= 0.3 is 0 Å². The molecule has 0 aliphatic heterocycles. The number of rotatable bonds is 7. The third-order valence-corrected chi connectivity index (χ3v) is 4.78. The summed E-state index contributed by atoms with van der Waals surface area (Å²) < 4.78 is 38.7. The largest absolute Gasteiger partial charge is 0.348 e. The Morgan fingerprint density at radius 1 is 1.12 bits per heavy atom. The lowest BCUT2D eigenvalue weighted by Gasteiger charge is -2.22. The Morgan fingerprint density at radius 2 is 1.91 bits per heavy atom. The lowest BCUT2D eigenvalue weighted by Crippen LogP contribution is -2.33. The van der Waals surface area contributed by atoms with Crippen LogP contribution in [0.3, 0.4) is 0 Å². The van der Waals surface area contributed by atoms with Gasteiger partial charge in [-0.1, -0.05) is 17.7 Å². The fourth-order valence-corrected chi connectivity index (χ4v) is 3.24. The van der Waals surface area contributed by atoms with Crippen molar-refractivity contribution in [1.82, 2.24) is 15.3 Å². The normalized spacial score (nSPS) is 10.8. The second kappa shape index (κ2) is 10.2. The molecule has 0 saturated heterocycles. The van der Waals surface area contributed by atoms with E-state index in [-0.39, 0.29) is 17.3 Å². The number of anilines is 1. The van der Waals surface area contributed by atoms with Crippen molar-refractivity contribution in [2.45, 2.75) is 19.9 Å². The first-order valence-electron chi connectivity index (χ1n) is 9.44. The summed E-state index contributed by atoms with van der Waals surface area (Å²) in [5.41, 5.74) is 2.06. The smallest absolute Gasteiger partial charge is 0.256 e. The van der Waals surface area contributed by atoms with Crippen LogP contribution in [0, 0.1) is 5.82 Å². The monoisotopic (exact) mass is 462 g/mol. The van der Waals surface area contributed by atoms with Crippen molar-refractivity contribution >= 4 is 29.1 Å². The van der Waals surface area contributed by atoms with Gasteiger partial charge < -0.3 is 10.2 Å². The van der Waals surface area contributed by atoms with Crippen LogP contribution in [0.2, 0.25) is 5.02 Å². The number of benzene rings is 1. The molecule has 0 aliphatic rings. The van der Waals surface area contributed by atoms with E-state index in [4.69, 9.17) is 11.6 Å². The molecule has 3 rings (SSSR count). The fourth-order valence-electron chi connectivity index (χ4n) is 2.96. The van der Waals surface area contributed by atoms with Crippen LogP contribution in [0.4, 0.5) is 18.9 Å². The van der Waals surface area contributed by atoms with E-state index >= 15 is 0 Å². The van der Waals surface area contributed by atoms with Gasteiger partial charge in [0, 0.05) is 31.4 Å². The molecule has 0 aliphatic carbocycles. The molecule has 2 heterocycles. The summed E-state index contributed by atoms with van der Waals surface area (Å²) in [5.74, 6) is -1.44. The molecule has 0 radical (unpaired) electrons. The molecule has 1 aromatic carbocycles. The van der Waals surface area contributed by atoms with Crippen molar-refractivity contribution in [2.75, 3.05) is 11.4 Å². The van der Waals surface area contributed by atoms with E-state index in [1.165, 1.54) is 37.5 Å². The van der Waals surface area contributed by atoms with E-state index in [0.717, 1.165) is 11.1 Å². The molecule has 0 fully saturated rings. The molecule has 0 saturated carbocycles. The quantitative estimate of drug-likeness (QED) is 0.561. The van der Waals surface area contributed by atoms with Crippen molar-refractivity contribution in [3.8, 4) is 11.3 Å². The molecule has 10 heteroatoms. The second-order valence-electron chi connectivity index (χ2n) is 6.81. The molecular formula is C22H18ClF3N4O2. The summed E-state index contributed by atoms with van der Waals surface area (Å²) in [6, 6.07) is 9.01. The number of pyridine rings is 2. The number of hydrogen-bond acceptors (Lipinski definition) is 4. The highest BCUT2D eigenvalue weighted by Gasteiger charge is 2.20. The van der Waals surface area contributed by atoms with E-state index in [0.29, 0.717) is 22.4 Å². The van der Waals surface area contributed by atoms with Gasteiger partial charge in [-0.05, 0) is 35.9 Å². The number of halogens is 4. The maximum atomic E-state index is 13.2. The van der Waals surface area contributed by atoms with Crippen LogP contribution in [0.5, 0.6) is 0 Å². The number of carbonyl (C=O) groups excluding carboxylic acids is 2. The molecule has 3 aromatic rings. The van der Waals surface area contributed by atoms with Crippen molar-refractivity contribution in [1.29, 1.82) is 0 Å². The maximum absolute atomic E-state index is 13.2. The predicted octanol–water partition coefficient (Wildman–Crippen LogP) is 4.48. The minimum Gasteiger partial charge on any atom is -0.348 e. The van der Waals surface area contributed by atoms with Crippen molar-refractivity contribution in [3.05, 3.63) is 77.0 Å². The first-order chi connectivity index (χ1) is 15.2. The summed E-state index contributed by atoms with van der Waals surface area (Å²) in [5, 5.41) is 2.77. The molecule has 166 valence electrons.